The van der Waals surface area contributed by atoms with Crippen LogP contribution < -0.4 is 4.90 Å². The second kappa shape index (κ2) is 12.6. The second-order valence-electron chi connectivity index (χ2n) is 14.1. The number of hydrogen-bond acceptors (Lipinski definition) is 3. The van der Waals surface area contributed by atoms with Gasteiger partial charge in [-0.3, -0.25) is 0 Å². The van der Waals surface area contributed by atoms with Gasteiger partial charge in [0.25, 0.3) is 0 Å². The molecular weight excluding hydrogens is 671 g/mol. The molecule has 2 heterocycles. The summed E-state index contributed by atoms with van der Waals surface area (Å²) in [7, 11) is 0. The number of furan rings is 2. The van der Waals surface area contributed by atoms with Gasteiger partial charge >= 0.3 is 0 Å². The van der Waals surface area contributed by atoms with Crippen LogP contribution in [0.15, 0.2) is 209 Å². The Bertz CT molecular complexity index is 3240. The Kier molecular flexibility index (Phi) is 7.17. The molecule has 0 aliphatic heterocycles. The lowest BCUT2D eigenvalue weighted by molar-refractivity contribution is 0.668. The highest BCUT2D eigenvalue weighted by Gasteiger charge is 2.21. The molecule has 0 spiro atoms. The van der Waals surface area contributed by atoms with Crippen molar-refractivity contribution in [1.29, 1.82) is 0 Å². The SMILES string of the molecule is c1cc(-c2ccccc2-c2ccc3ccccc3c2)cc(N(c2ccc3c(c2)oc2ccccc23)c2ccccc2-c2ccc3oc4ccccc4c3c2)c1. The van der Waals surface area contributed by atoms with Crippen LogP contribution in [0.1, 0.15) is 0 Å². The van der Waals surface area contributed by atoms with Gasteiger partial charge in [0.15, 0.2) is 0 Å². The fraction of sp³-hybridized carbons (Fsp3) is 0. The largest absolute Gasteiger partial charge is 0.456 e. The first-order valence-corrected chi connectivity index (χ1v) is 18.7. The molecule has 0 atom stereocenters. The zero-order valence-electron chi connectivity index (χ0n) is 29.8. The van der Waals surface area contributed by atoms with E-state index in [0.29, 0.717) is 0 Å². The lowest BCUT2D eigenvalue weighted by Crippen LogP contribution is -2.11. The maximum Gasteiger partial charge on any atom is 0.137 e. The molecule has 0 aliphatic rings. The summed E-state index contributed by atoms with van der Waals surface area (Å²) in [5.74, 6) is 0. The molecule has 3 nitrogen and oxygen atoms in total. The van der Waals surface area contributed by atoms with Crippen LogP contribution in [0.5, 0.6) is 0 Å². The third kappa shape index (κ3) is 5.28. The van der Waals surface area contributed by atoms with E-state index in [-0.39, 0.29) is 0 Å². The first kappa shape index (κ1) is 31.2. The van der Waals surface area contributed by atoms with Crippen molar-refractivity contribution < 1.29 is 8.83 Å². The van der Waals surface area contributed by atoms with E-state index in [9.17, 15) is 0 Å². The molecule has 0 bridgehead atoms. The second-order valence-corrected chi connectivity index (χ2v) is 14.1. The van der Waals surface area contributed by atoms with Gasteiger partial charge in [-0.15, -0.1) is 0 Å². The van der Waals surface area contributed by atoms with Crippen molar-refractivity contribution in [3.8, 4) is 33.4 Å². The molecular formula is C52H33NO2. The van der Waals surface area contributed by atoms with Crippen LogP contribution in [0.3, 0.4) is 0 Å². The summed E-state index contributed by atoms with van der Waals surface area (Å²) >= 11 is 0. The molecule has 9 aromatic carbocycles. The number of nitrogens with zero attached hydrogens (tertiary/aromatic N) is 1. The highest BCUT2D eigenvalue weighted by atomic mass is 16.3. The molecule has 0 saturated heterocycles. The smallest absolute Gasteiger partial charge is 0.137 e. The van der Waals surface area contributed by atoms with Gasteiger partial charge in [0.05, 0.1) is 5.69 Å². The van der Waals surface area contributed by atoms with Gasteiger partial charge in [-0.05, 0) is 99.3 Å². The van der Waals surface area contributed by atoms with Crippen molar-refractivity contribution in [1.82, 2.24) is 0 Å². The molecule has 3 heteroatoms. The highest BCUT2D eigenvalue weighted by Crippen LogP contribution is 2.45. The third-order valence-electron chi connectivity index (χ3n) is 10.9. The minimum absolute atomic E-state index is 0.852. The van der Waals surface area contributed by atoms with Gasteiger partial charge in [0.1, 0.15) is 22.3 Å². The van der Waals surface area contributed by atoms with Crippen LogP contribution in [0.4, 0.5) is 17.1 Å². The lowest BCUT2D eigenvalue weighted by Gasteiger charge is -2.28. The Hall–Kier alpha value is -7.36. The third-order valence-corrected chi connectivity index (χ3v) is 10.9. The maximum atomic E-state index is 6.46. The van der Waals surface area contributed by atoms with Gasteiger partial charge in [-0.25, -0.2) is 0 Å². The number of rotatable bonds is 6. The first-order valence-electron chi connectivity index (χ1n) is 18.7. The predicted octanol–water partition coefficient (Wildman–Crippen LogP) is 15.1. The minimum Gasteiger partial charge on any atom is -0.456 e. The molecule has 2 aromatic heterocycles. The fourth-order valence-electron chi connectivity index (χ4n) is 8.24. The summed E-state index contributed by atoms with van der Waals surface area (Å²) < 4.78 is 12.7. The van der Waals surface area contributed by atoms with Crippen LogP contribution in [0.25, 0.3) is 88.0 Å². The zero-order valence-corrected chi connectivity index (χ0v) is 29.8. The monoisotopic (exact) mass is 703 g/mol. The van der Waals surface area contributed by atoms with Crippen molar-refractivity contribution in [3.63, 3.8) is 0 Å². The molecule has 0 N–H and O–H groups in total. The zero-order chi connectivity index (χ0) is 36.3. The van der Waals surface area contributed by atoms with Crippen LogP contribution in [0.2, 0.25) is 0 Å². The van der Waals surface area contributed by atoms with Gasteiger partial charge in [0, 0.05) is 44.5 Å². The van der Waals surface area contributed by atoms with Gasteiger partial charge in [-0.1, -0.05) is 133 Å². The first-order chi connectivity index (χ1) is 27.2. The van der Waals surface area contributed by atoms with E-state index >= 15 is 0 Å². The van der Waals surface area contributed by atoms with Crippen molar-refractivity contribution in [2.24, 2.45) is 0 Å². The molecule has 0 unspecified atom stereocenters. The maximum absolute atomic E-state index is 6.46. The molecule has 11 aromatic rings. The van der Waals surface area contributed by atoms with Gasteiger partial charge in [-0.2, -0.15) is 0 Å². The van der Waals surface area contributed by atoms with E-state index in [2.05, 4.69) is 181 Å². The quantitative estimate of drug-likeness (QED) is 0.173. The molecule has 0 radical (unpaired) electrons. The Morgan fingerprint density at radius 3 is 1.67 bits per heavy atom. The number of fused-ring (bicyclic) bond motifs is 7. The van der Waals surface area contributed by atoms with Gasteiger partial charge in [0.2, 0.25) is 0 Å². The van der Waals surface area contributed by atoms with E-state index in [1.54, 1.807) is 0 Å². The van der Waals surface area contributed by atoms with Crippen LogP contribution in [0, 0.1) is 0 Å². The van der Waals surface area contributed by atoms with Crippen molar-refractivity contribution in [3.05, 3.63) is 200 Å². The normalized spacial score (nSPS) is 11.6. The van der Waals surface area contributed by atoms with Crippen LogP contribution >= 0.6 is 0 Å². The molecule has 0 saturated carbocycles. The number of anilines is 3. The highest BCUT2D eigenvalue weighted by molar-refractivity contribution is 6.08. The standard InChI is InChI=1S/C52H33NO2/c1-2-13-35-30-37(25-24-34(35)12-1)42-17-4-3-16-41(42)36-14-11-15-39(31-36)53(40-27-28-46-44-19-6-9-22-49(44)55-52(46)33-40)48-21-8-5-18-43(48)38-26-29-51-47(32-38)45-20-7-10-23-50(45)54-51/h1-33H. The summed E-state index contributed by atoms with van der Waals surface area (Å²) in [6.45, 7) is 0. The summed E-state index contributed by atoms with van der Waals surface area (Å²) in [6, 6.07) is 71.2. The van der Waals surface area contributed by atoms with E-state index in [1.165, 1.54) is 27.5 Å². The van der Waals surface area contributed by atoms with E-state index < -0.39 is 0 Å². The molecule has 55 heavy (non-hydrogen) atoms. The number of benzene rings is 9. The average molecular weight is 704 g/mol. The van der Waals surface area contributed by atoms with Crippen molar-refractivity contribution in [2.45, 2.75) is 0 Å². The molecule has 258 valence electrons. The molecule has 0 aliphatic carbocycles. The summed E-state index contributed by atoms with van der Waals surface area (Å²) in [5, 5.41) is 6.90. The minimum atomic E-state index is 0.852. The Morgan fingerprint density at radius 2 is 0.855 bits per heavy atom. The van der Waals surface area contributed by atoms with Crippen LogP contribution in [-0.4, -0.2) is 0 Å². The summed E-state index contributed by atoms with van der Waals surface area (Å²) in [5.41, 5.74) is 13.6. The number of para-hydroxylation sites is 3. The Morgan fingerprint density at radius 1 is 0.291 bits per heavy atom. The van der Waals surface area contributed by atoms with Crippen molar-refractivity contribution >= 4 is 71.7 Å². The summed E-state index contributed by atoms with van der Waals surface area (Å²) in [4.78, 5) is 2.36. The van der Waals surface area contributed by atoms with Gasteiger partial charge < -0.3 is 13.7 Å². The topological polar surface area (TPSA) is 29.5 Å². The fourth-order valence-corrected chi connectivity index (χ4v) is 8.24. The van der Waals surface area contributed by atoms with Crippen LogP contribution in [-0.2, 0) is 0 Å². The summed E-state index contributed by atoms with van der Waals surface area (Å²) in [6.07, 6.45) is 0. The lowest BCUT2D eigenvalue weighted by atomic mass is 9.93. The molecule has 0 fully saturated rings. The van der Waals surface area contributed by atoms with E-state index in [0.717, 1.165) is 77.6 Å². The van der Waals surface area contributed by atoms with E-state index in [1.807, 2.05) is 24.3 Å². The van der Waals surface area contributed by atoms with E-state index in [4.69, 9.17) is 8.83 Å². The van der Waals surface area contributed by atoms with Crippen molar-refractivity contribution in [2.75, 3.05) is 4.90 Å². The average Bonchev–Trinajstić information content (AvgIpc) is 3.82. The Labute approximate surface area is 317 Å². The Balaban J connectivity index is 1.11. The molecule has 0 amide bonds. The number of hydrogen-bond donors (Lipinski definition) is 0. The predicted molar refractivity (Wildman–Crippen MR) is 229 cm³/mol. The molecule has 11 rings (SSSR count).